The second-order valence-electron chi connectivity index (χ2n) is 3.06. The zero-order chi connectivity index (χ0) is 10.9. The van der Waals surface area contributed by atoms with Gasteiger partial charge in [-0.2, -0.15) is 13.2 Å². The highest BCUT2D eigenvalue weighted by atomic mass is 32.1. The van der Waals surface area contributed by atoms with Crippen molar-refractivity contribution in [2.45, 2.75) is 6.18 Å². The monoisotopic (exact) mass is 228 g/mol. The van der Waals surface area contributed by atoms with Crippen LogP contribution in [0.1, 0.15) is 4.88 Å². The molecule has 2 rings (SSSR count). The summed E-state index contributed by atoms with van der Waals surface area (Å²) in [5.74, 6) is 0. The normalized spacial score (nSPS) is 11.7. The molecule has 2 aromatic rings. The summed E-state index contributed by atoms with van der Waals surface area (Å²) in [5, 5.41) is 1.53. The molecule has 1 aromatic heterocycles. The van der Waals surface area contributed by atoms with Crippen LogP contribution in [0.3, 0.4) is 0 Å². The maximum absolute atomic E-state index is 12.3. The Balaban J connectivity index is 2.37. The van der Waals surface area contributed by atoms with Gasteiger partial charge in [0.05, 0.1) is 0 Å². The lowest BCUT2D eigenvalue weighted by Crippen LogP contribution is -2.00. The smallest absolute Gasteiger partial charge is 0.165 e. The van der Waals surface area contributed by atoms with Gasteiger partial charge in [-0.05, 0) is 22.6 Å². The van der Waals surface area contributed by atoms with Crippen LogP contribution in [0.25, 0.3) is 11.1 Å². The van der Waals surface area contributed by atoms with Crippen molar-refractivity contribution >= 4 is 11.3 Å². The second kappa shape index (κ2) is 3.70. The molecule has 0 radical (unpaired) electrons. The number of halogens is 3. The standard InChI is InChI=1S/C11H7F3S/c12-11(13,14)10-6-9(7-15-10)8-4-2-1-3-5-8/h1-7H. The first kappa shape index (κ1) is 10.2. The van der Waals surface area contributed by atoms with Crippen LogP contribution in [0.15, 0.2) is 41.8 Å². The minimum atomic E-state index is -4.24. The molecule has 0 aliphatic carbocycles. The van der Waals surface area contributed by atoms with E-state index in [1.54, 1.807) is 24.3 Å². The van der Waals surface area contributed by atoms with Crippen LogP contribution in [-0.2, 0) is 6.18 Å². The molecule has 0 bridgehead atoms. The Morgan fingerprint density at radius 3 is 2.13 bits per heavy atom. The van der Waals surface area contributed by atoms with Crippen molar-refractivity contribution in [3.63, 3.8) is 0 Å². The van der Waals surface area contributed by atoms with Crippen molar-refractivity contribution < 1.29 is 13.2 Å². The quantitative estimate of drug-likeness (QED) is 0.677. The molecule has 0 aliphatic rings. The summed E-state index contributed by atoms with van der Waals surface area (Å²) in [7, 11) is 0. The third kappa shape index (κ3) is 2.21. The average Bonchev–Trinajstić information content (AvgIpc) is 2.67. The minimum absolute atomic E-state index is 0.554. The topological polar surface area (TPSA) is 0 Å². The van der Waals surface area contributed by atoms with E-state index in [1.807, 2.05) is 6.07 Å². The molecule has 0 atom stereocenters. The molecule has 0 saturated carbocycles. The fourth-order valence-electron chi connectivity index (χ4n) is 1.27. The fourth-order valence-corrected chi connectivity index (χ4v) is 2.05. The molecule has 0 saturated heterocycles. The highest BCUT2D eigenvalue weighted by Crippen LogP contribution is 2.36. The number of alkyl halides is 3. The van der Waals surface area contributed by atoms with Gasteiger partial charge in [0.25, 0.3) is 0 Å². The zero-order valence-electron chi connectivity index (χ0n) is 7.58. The van der Waals surface area contributed by atoms with Gasteiger partial charge in [-0.1, -0.05) is 30.3 Å². The van der Waals surface area contributed by atoms with Gasteiger partial charge in [-0.3, -0.25) is 0 Å². The Kier molecular flexibility index (Phi) is 2.52. The summed E-state index contributed by atoms with van der Waals surface area (Å²) in [5.41, 5.74) is 1.43. The van der Waals surface area contributed by atoms with Crippen LogP contribution in [0.2, 0.25) is 0 Å². The van der Waals surface area contributed by atoms with Crippen LogP contribution >= 0.6 is 11.3 Å². The van der Waals surface area contributed by atoms with E-state index in [1.165, 1.54) is 11.4 Å². The number of rotatable bonds is 1. The Morgan fingerprint density at radius 2 is 1.60 bits per heavy atom. The lowest BCUT2D eigenvalue weighted by atomic mass is 10.1. The van der Waals surface area contributed by atoms with Gasteiger partial charge >= 0.3 is 6.18 Å². The minimum Gasteiger partial charge on any atom is -0.165 e. The largest absolute Gasteiger partial charge is 0.425 e. The van der Waals surface area contributed by atoms with E-state index >= 15 is 0 Å². The van der Waals surface area contributed by atoms with E-state index in [0.717, 1.165) is 16.9 Å². The summed E-state index contributed by atoms with van der Waals surface area (Å²) in [6.45, 7) is 0. The van der Waals surface area contributed by atoms with Gasteiger partial charge in [-0.25, -0.2) is 0 Å². The summed E-state index contributed by atoms with van der Waals surface area (Å²) in [6.07, 6.45) is -4.24. The van der Waals surface area contributed by atoms with Crippen LogP contribution in [0, 0.1) is 0 Å². The average molecular weight is 228 g/mol. The van der Waals surface area contributed by atoms with Crippen LogP contribution in [0.5, 0.6) is 0 Å². The third-order valence-electron chi connectivity index (χ3n) is 1.99. The SMILES string of the molecule is FC(F)(F)c1cc(-c2ccccc2)cs1. The van der Waals surface area contributed by atoms with E-state index < -0.39 is 11.1 Å². The third-order valence-corrected chi connectivity index (χ3v) is 2.96. The first-order chi connectivity index (χ1) is 7.07. The van der Waals surface area contributed by atoms with Crippen LogP contribution in [-0.4, -0.2) is 0 Å². The highest BCUT2D eigenvalue weighted by molar-refractivity contribution is 7.10. The van der Waals surface area contributed by atoms with E-state index in [4.69, 9.17) is 0 Å². The van der Waals surface area contributed by atoms with Crippen molar-refractivity contribution in [2.24, 2.45) is 0 Å². The molecule has 0 nitrogen and oxygen atoms in total. The van der Waals surface area contributed by atoms with Gasteiger partial charge in [0, 0.05) is 0 Å². The maximum atomic E-state index is 12.3. The number of benzene rings is 1. The van der Waals surface area contributed by atoms with Gasteiger partial charge < -0.3 is 0 Å². The molecular formula is C11H7F3S. The van der Waals surface area contributed by atoms with Gasteiger partial charge in [0.15, 0.2) is 0 Å². The van der Waals surface area contributed by atoms with E-state index in [2.05, 4.69) is 0 Å². The van der Waals surface area contributed by atoms with Gasteiger partial charge in [0.1, 0.15) is 4.88 Å². The summed E-state index contributed by atoms with van der Waals surface area (Å²) >= 11 is 0.726. The summed E-state index contributed by atoms with van der Waals surface area (Å²) < 4.78 is 37.0. The molecule has 78 valence electrons. The maximum Gasteiger partial charge on any atom is 0.425 e. The lowest BCUT2D eigenvalue weighted by molar-refractivity contribution is -0.134. The summed E-state index contributed by atoms with van der Waals surface area (Å²) in [4.78, 5) is -0.554. The molecule has 0 aliphatic heterocycles. The van der Waals surface area contributed by atoms with Crippen molar-refractivity contribution in [1.29, 1.82) is 0 Å². The number of hydrogen-bond donors (Lipinski definition) is 0. The second-order valence-corrected chi connectivity index (χ2v) is 3.97. The Hall–Kier alpha value is -1.29. The Morgan fingerprint density at radius 1 is 0.933 bits per heavy atom. The van der Waals surface area contributed by atoms with E-state index in [9.17, 15) is 13.2 Å². The first-order valence-corrected chi connectivity index (χ1v) is 5.16. The van der Waals surface area contributed by atoms with E-state index in [-0.39, 0.29) is 0 Å². The van der Waals surface area contributed by atoms with Crippen molar-refractivity contribution in [3.05, 3.63) is 46.7 Å². The molecule has 4 heteroatoms. The first-order valence-electron chi connectivity index (χ1n) is 4.28. The molecule has 15 heavy (non-hydrogen) atoms. The van der Waals surface area contributed by atoms with Crippen LogP contribution < -0.4 is 0 Å². The predicted octanol–water partition coefficient (Wildman–Crippen LogP) is 4.43. The molecule has 1 aromatic carbocycles. The van der Waals surface area contributed by atoms with E-state index in [0.29, 0.717) is 5.56 Å². The fraction of sp³-hybridized carbons (Fsp3) is 0.0909. The summed E-state index contributed by atoms with van der Waals surface area (Å²) in [6, 6.07) is 10.2. The molecule has 0 fully saturated rings. The molecule has 0 unspecified atom stereocenters. The molecule has 0 N–H and O–H groups in total. The molecule has 0 amide bonds. The number of thiophene rings is 1. The van der Waals surface area contributed by atoms with Gasteiger partial charge in [0.2, 0.25) is 0 Å². The number of hydrogen-bond acceptors (Lipinski definition) is 1. The van der Waals surface area contributed by atoms with Crippen molar-refractivity contribution in [1.82, 2.24) is 0 Å². The highest BCUT2D eigenvalue weighted by Gasteiger charge is 2.32. The molecule has 0 spiro atoms. The van der Waals surface area contributed by atoms with Crippen LogP contribution in [0.4, 0.5) is 13.2 Å². The van der Waals surface area contributed by atoms with Gasteiger partial charge in [-0.15, -0.1) is 11.3 Å². The Labute approximate surface area is 89.0 Å². The predicted molar refractivity (Wildman–Crippen MR) is 54.8 cm³/mol. The lowest BCUT2D eigenvalue weighted by Gasteiger charge is -2.00. The Bertz CT molecular complexity index is 442. The zero-order valence-corrected chi connectivity index (χ0v) is 8.40. The van der Waals surface area contributed by atoms with Crippen molar-refractivity contribution in [2.75, 3.05) is 0 Å². The molecule has 1 heterocycles. The molecular weight excluding hydrogens is 221 g/mol. The van der Waals surface area contributed by atoms with Crippen molar-refractivity contribution in [3.8, 4) is 11.1 Å².